The lowest BCUT2D eigenvalue weighted by molar-refractivity contribution is -0.136. The molecule has 1 saturated heterocycles. The van der Waals surface area contributed by atoms with Crippen molar-refractivity contribution >= 4 is 40.2 Å². The zero-order valence-corrected chi connectivity index (χ0v) is 19.3. The van der Waals surface area contributed by atoms with Gasteiger partial charge in [-0.05, 0) is 55.9 Å². The number of piperidine rings is 1. The van der Waals surface area contributed by atoms with E-state index in [1.54, 1.807) is 18.2 Å². The molecule has 0 spiro atoms. The molecule has 1 aromatic heterocycles. The van der Waals surface area contributed by atoms with Crippen LogP contribution in [0.15, 0.2) is 42.6 Å². The molecule has 6 rings (SSSR count). The highest BCUT2D eigenvalue weighted by Gasteiger charge is 2.44. The van der Waals surface area contributed by atoms with Crippen LogP contribution in [0.1, 0.15) is 58.0 Å². The van der Waals surface area contributed by atoms with Crippen molar-refractivity contribution in [2.45, 2.75) is 44.7 Å². The molecule has 1 saturated carbocycles. The second-order valence-corrected chi connectivity index (χ2v) is 9.68. The van der Waals surface area contributed by atoms with Crippen LogP contribution >= 0.6 is 0 Å². The van der Waals surface area contributed by atoms with E-state index in [1.807, 2.05) is 6.20 Å². The Hall–Kier alpha value is -4.01. The van der Waals surface area contributed by atoms with Crippen LogP contribution < -0.4 is 10.6 Å². The largest absolute Gasteiger partial charge is 0.385 e. The average molecular weight is 472 g/mol. The number of anilines is 1. The zero-order chi connectivity index (χ0) is 24.3. The molecule has 3 aliphatic rings. The molecule has 9 heteroatoms. The Balaban J connectivity index is 1.10. The third kappa shape index (κ3) is 3.50. The van der Waals surface area contributed by atoms with Crippen LogP contribution in [0.3, 0.4) is 0 Å². The summed E-state index contributed by atoms with van der Waals surface area (Å²) in [7, 11) is 0. The summed E-state index contributed by atoms with van der Waals surface area (Å²) in [5.74, 6) is -1.49. The first-order valence-electron chi connectivity index (χ1n) is 11.9. The molecule has 3 aromatic rings. The Morgan fingerprint density at radius 1 is 1.06 bits per heavy atom. The molecular weight excluding hydrogens is 446 g/mol. The molecule has 1 aliphatic carbocycles. The van der Waals surface area contributed by atoms with Crippen LogP contribution in [0.25, 0.3) is 10.9 Å². The highest BCUT2D eigenvalue weighted by molar-refractivity contribution is 6.23. The lowest BCUT2D eigenvalue weighted by Gasteiger charge is -2.36. The van der Waals surface area contributed by atoms with Gasteiger partial charge in [0.2, 0.25) is 11.8 Å². The second kappa shape index (κ2) is 8.04. The van der Waals surface area contributed by atoms with Crippen LogP contribution in [-0.4, -0.2) is 50.9 Å². The molecule has 2 aromatic carbocycles. The minimum absolute atomic E-state index is 0.104. The van der Waals surface area contributed by atoms with Crippen molar-refractivity contribution in [3.8, 4) is 0 Å². The van der Waals surface area contributed by atoms with Crippen LogP contribution in [0.2, 0.25) is 0 Å². The first-order chi connectivity index (χ1) is 16.9. The molecule has 35 heavy (non-hydrogen) atoms. The standard InChI is InChI=1S/C26H25N5O4/c1-14-3-2-4-16-13-28-31(23(14)16)18-9-15(10-18)12-27-17-5-6-19-20(11-17)26(35)30(25(19)34)21-7-8-22(32)29-24(21)33/h2-6,11,13,15,18,21,27H,7-10,12H2,1H3,(H,29,32,33)/t15-,18-,21?. The summed E-state index contributed by atoms with van der Waals surface area (Å²) in [6.45, 7) is 2.87. The Kier molecular flexibility index (Phi) is 4.94. The highest BCUT2D eigenvalue weighted by atomic mass is 16.2. The fourth-order valence-electron chi connectivity index (χ4n) is 5.47. The summed E-state index contributed by atoms with van der Waals surface area (Å²) in [5.41, 5.74) is 3.76. The van der Waals surface area contributed by atoms with Gasteiger partial charge in [0, 0.05) is 24.0 Å². The van der Waals surface area contributed by atoms with E-state index < -0.39 is 23.8 Å². The van der Waals surface area contributed by atoms with E-state index in [4.69, 9.17) is 0 Å². The number of imide groups is 2. The average Bonchev–Trinajstić information content (AvgIpc) is 3.33. The molecule has 9 nitrogen and oxygen atoms in total. The number of para-hydroxylation sites is 1. The number of aryl methyl sites for hydroxylation is 1. The zero-order valence-electron chi connectivity index (χ0n) is 19.3. The third-order valence-electron chi connectivity index (χ3n) is 7.41. The number of amides is 4. The fraction of sp³-hybridized carbons (Fsp3) is 0.346. The number of benzene rings is 2. The van der Waals surface area contributed by atoms with Gasteiger partial charge in [0.25, 0.3) is 11.8 Å². The third-order valence-corrected chi connectivity index (χ3v) is 7.41. The van der Waals surface area contributed by atoms with Gasteiger partial charge in [0.1, 0.15) is 6.04 Å². The van der Waals surface area contributed by atoms with Gasteiger partial charge in [0.05, 0.1) is 28.9 Å². The first-order valence-corrected chi connectivity index (χ1v) is 11.9. The molecule has 2 fully saturated rings. The van der Waals surface area contributed by atoms with Gasteiger partial charge in [-0.25, -0.2) is 0 Å². The minimum atomic E-state index is -0.953. The predicted octanol–water partition coefficient (Wildman–Crippen LogP) is 2.81. The Labute approximate surface area is 201 Å². The van der Waals surface area contributed by atoms with Crippen molar-refractivity contribution in [1.82, 2.24) is 20.0 Å². The first kappa shape index (κ1) is 21.5. The van der Waals surface area contributed by atoms with Crippen molar-refractivity contribution < 1.29 is 19.2 Å². The number of carbonyl (C=O) groups excluding carboxylic acids is 4. The van der Waals surface area contributed by atoms with Crippen molar-refractivity contribution in [3.05, 3.63) is 59.3 Å². The molecular formula is C26H25N5O4. The minimum Gasteiger partial charge on any atom is -0.385 e. The maximum atomic E-state index is 13.0. The fourth-order valence-corrected chi connectivity index (χ4v) is 5.47. The molecule has 2 aliphatic heterocycles. The van der Waals surface area contributed by atoms with Gasteiger partial charge >= 0.3 is 0 Å². The van der Waals surface area contributed by atoms with Gasteiger partial charge in [-0.3, -0.25) is 34.1 Å². The molecule has 3 heterocycles. The molecule has 1 unspecified atom stereocenters. The van der Waals surface area contributed by atoms with E-state index in [-0.39, 0.29) is 29.9 Å². The van der Waals surface area contributed by atoms with Crippen molar-refractivity contribution in [1.29, 1.82) is 0 Å². The lowest BCUT2D eigenvalue weighted by Crippen LogP contribution is -2.54. The predicted molar refractivity (Wildman–Crippen MR) is 128 cm³/mol. The normalized spacial score (nSPS) is 23.9. The van der Waals surface area contributed by atoms with Crippen LogP contribution in [-0.2, 0) is 9.59 Å². The maximum absolute atomic E-state index is 13.0. The van der Waals surface area contributed by atoms with E-state index in [9.17, 15) is 19.2 Å². The number of fused-ring (bicyclic) bond motifs is 2. The molecule has 0 radical (unpaired) electrons. The van der Waals surface area contributed by atoms with Gasteiger partial charge in [-0.15, -0.1) is 0 Å². The number of nitrogens with zero attached hydrogens (tertiary/aromatic N) is 3. The van der Waals surface area contributed by atoms with Crippen LogP contribution in [0.4, 0.5) is 5.69 Å². The second-order valence-electron chi connectivity index (χ2n) is 9.68. The summed E-state index contributed by atoms with van der Waals surface area (Å²) in [4.78, 5) is 50.5. The van der Waals surface area contributed by atoms with Crippen molar-refractivity contribution in [3.63, 3.8) is 0 Å². The van der Waals surface area contributed by atoms with E-state index in [2.05, 4.69) is 45.5 Å². The molecule has 178 valence electrons. The number of hydrogen-bond acceptors (Lipinski definition) is 6. The topological polar surface area (TPSA) is 113 Å². The van der Waals surface area contributed by atoms with Gasteiger partial charge in [-0.1, -0.05) is 18.2 Å². The number of aromatic nitrogens is 2. The summed E-state index contributed by atoms with van der Waals surface area (Å²) >= 11 is 0. The smallest absolute Gasteiger partial charge is 0.262 e. The molecule has 4 amide bonds. The number of carbonyl (C=O) groups is 4. The maximum Gasteiger partial charge on any atom is 0.262 e. The van der Waals surface area contributed by atoms with Crippen LogP contribution in [0, 0.1) is 12.8 Å². The number of hydrogen-bond donors (Lipinski definition) is 2. The van der Waals surface area contributed by atoms with Gasteiger partial charge in [-0.2, -0.15) is 5.10 Å². The Morgan fingerprint density at radius 2 is 1.86 bits per heavy atom. The number of nitrogens with one attached hydrogen (secondary N) is 2. The number of rotatable bonds is 5. The quantitative estimate of drug-likeness (QED) is 0.554. The van der Waals surface area contributed by atoms with Gasteiger partial charge in [0.15, 0.2) is 0 Å². The van der Waals surface area contributed by atoms with E-state index in [0.717, 1.165) is 35.4 Å². The van der Waals surface area contributed by atoms with Crippen molar-refractivity contribution in [2.75, 3.05) is 11.9 Å². The SMILES string of the molecule is Cc1cccc2cnn([C@H]3C[C@H](CNc4ccc5c(c4)C(=O)N(C4CCC(=O)NC4=O)C5=O)C3)c12. The monoisotopic (exact) mass is 471 g/mol. The Morgan fingerprint density at radius 3 is 2.66 bits per heavy atom. The summed E-state index contributed by atoms with van der Waals surface area (Å²) < 4.78 is 2.14. The summed E-state index contributed by atoms with van der Waals surface area (Å²) in [5, 5.41) is 11.4. The van der Waals surface area contributed by atoms with Gasteiger partial charge < -0.3 is 5.32 Å². The molecule has 1 atom stereocenters. The van der Waals surface area contributed by atoms with Crippen molar-refractivity contribution in [2.24, 2.45) is 5.92 Å². The van der Waals surface area contributed by atoms with E-state index in [1.165, 1.54) is 11.1 Å². The highest BCUT2D eigenvalue weighted by Crippen LogP contribution is 2.40. The Bertz CT molecular complexity index is 1400. The van der Waals surface area contributed by atoms with Crippen LogP contribution in [0.5, 0.6) is 0 Å². The van der Waals surface area contributed by atoms with E-state index in [0.29, 0.717) is 12.0 Å². The molecule has 2 N–H and O–H groups in total. The summed E-state index contributed by atoms with van der Waals surface area (Å²) in [6.07, 6.45) is 4.21. The lowest BCUT2D eigenvalue weighted by atomic mass is 9.80. The van der Waals surface area contributed by atoms with E-state index >= 15 is 0 Å². The molecule has 0 bridgehead atoms. The summed E-state index contributed by atoms with van der Waals surface area (Å²) in [6, 6.07) is 10.8.